The van der Waals surface area contributed by atoms with E-state index in [1.807, 2.05) is 42.5 Å². The van der Waals surface area contributed by atoms with E-state index in [2.05, 4.69) is 17.3 Å². The van der Waals surface area contributed by atoms with E-state index in [1.54, 1.807) is 7.11 Å². The minimum Gasteiger partial charge on any atom is -0.493 e. The first-order valence-electron chi connectivity index (χ1n) is 12.3. The number of anilines is 1. The van der Waals surface area contributed by atoms with Gasteiger partial charge in [-0.25, -0.2) is 5.01 Å². The van der Waals surface area contributed by atoms with Gasteiger partial charge in [0.1, 0.15) is 0 Å². The lowest BCUT2D eigenvalue weighted by molar-refractivity contribution is -0.116. The van der Waals surface area contributed by atoms with E-state index in [-0.39, 0.29) is 17.3 Å². The second kappa shape index (κ2) is 12.1. The van der Waals surface area contributed by atoms with Gasteiger partial charge in [-0.05, 0) is 68.0 Å². The van der Waals surface area contributed by atoms with E-state index in [4.69, 9.17) is 9.47 Å². The van der Waals surface area contributed by atoms with Gasteiger partial charge in [-0.2, -0.15) is 5.10 Å². The van der Waals surface area contributed by atoms with Crippen LogP contribution in [-0.4, -0.2) is 40.8 Å². The van der Waals surface area contributed by atoms with Crippen molar-refractivity contribution >= 4 is 34.3 Å². The highest BCUT2D eigenvalue weighted by Crippen LogP contribution is 2.33. The number of hydrogen-bond acceptors (Lipinski definition) is 6. The molecule has 35 heavy (non-hydrogen) atoms. The van der Waals surface area contributed by atoms with Crippen LogP contribution in [0.15, 0.2) is 47.6 Å². The Kier molecular flexibility index (Phi) is 8.69. The summed E-state index contributed by atoms with van der Waals surface area (Å²) in [5.74, 6) is 1.96. The van der Waals surface area contributed by atoms with Crippen LogP contribution >= 0.6 is 11.8 Å². The Morgan fingerprint density at radius 1 is 1.14 bits per heavy atom. The number of nitrogens with zero attached hydrogens (tertiary/aromatic N) is 2. The first kappa shape index (κ1) is 25.1. The fraction of sp³-hybridized carbons (Fsp3) is 0.444. The Morgan fingerprint density at radius 3 is 2.63 bits per heavy atom. The number of ether oxygens (including phenoxy) is 2. The van der Waals surface area contributed by atoms with Crippen LogP contribution in [0, 0.1) is 0 Å². The fourth-order valence-corrected chi connectivity index (χ4v) is 4.96. The molecular weight excluding hydrogens is 462 g/mol. The van der Waals surface area contributed by atoms with Gasteiger partial charge in [-0.1, -0.05) is 37.2 Å². The SMILES string of the molecule is CCCCC(=O)Nc1ccc(CN2N=C(c3ccc(OC)c(OC4CCCC4)c3)CSC2=O)cc1. The lowest BCUT2D eigenvalue weighted by Gasteiger charge is -2.24. The predicted octanol–water partition coefficient (Wildman–Crippen LogP) is 6.22. The molecular formula is C27H33N3O4S. The van der Waals surface area contributed by atoms with E-state index in [1.165, 1.54) is 29.6 Å². The van der Waals surface area contributed by atoms with Crippen molar-refractivity contribution in [2.45, 2.75) is 64.5 Å². The van der Waals surface area contributed by atoms with Gasteiger partial charge in [-0.15, -0.1) is 0 Å². The zero-order valence-electron chi connectivity index (χ0n) is 20.4. The number of thioether (sulfide) groups is 1. The zero-order valence-corrected chi connectivity index (χ0v) is 21.2. The lowest BCUT2D eigenvalue weighted by atomic mass is 10.1. The number of rotatable bonds is 10. The molecule has 0 saturated heterocycles. The highest BCUT2D eigenvalue weighted by Gasteiger charge is 2.24. The molecule has 4 rings (SSSR count). The Balaban J connectivity index is 1.45. The molecule has 1 heterocycles. The summed E-state index contributed by atoms with van der Waals surface area (Å²) in [6, 6.07) is 13.4. The normalized spacial score (nSPS) is 16.2. The van der Waals surface area contributed by atoms with Gasteiger partial charge in [0.2, 0.25) is 5.91 Å². The van der Waals surface area contributed by atoms with Gasteiger partial charge in [0, 0.05) is 23.4 Å². The van der Waals surface area contributed by atoms with Crippen molar-refractivity contribution < 1.29 is 19.1 Å². The zero-order chi connectivity index (χ0) is 24.6. The molecule has 1 aliphatic carbocycles. The molecule has 186 valence electrons. The molecule has 1 aliphatic heterocycles. The standard InChI is InChI=1S/C27H33N3O4S/c1-3-4-9-26(31)28-21-13-10-19(11-14-21)17-30-27(32)35-18-23(29-30)20-12-15-24(33-2)25(16-20)34-22-7-5-6-8-22/h10-16,22H,3-9,17-18H2,1-2H3,(H,28,31). The summed E-state index contributed by atoms with van der Waals surface area (Å²) in [5, 5.41) is 9.00. The molecule has 1 saturated carbocycles. The molecule has 0 spiro atoms. The average Bonchev–Trinajstić information content (AvgIpc) is 3.38. The first-order valence-corrected chi connectivity index (χ1v) is 13.3. The fourth-order valence-electron chi connectivity index (χ4n) is 4.22. The van der Waals surface area contributed by atoms with Gasteiger partial charge < -0.3 is 14.8 Å². The summed E-state index contributed by atoms with van der Waals surface area (Å²) < 4.78 is 11.7. The van der Waals surface area contributed by atoms with Crippen molar-refractivity contribution in [3.63, 3.8) is 0 Å². The number of hydrogen-bond donors (Lipinski definition) is 1. The van der Waals surface area contributed by atoms with Crippen molar-refractivity contribution in [2.24, 2.45) is 5.10 Å². The molecule has 2 aliphatic rings. The summed E-state index contributed by atoms with van der Waals surface area (Å²) in [7, 11) is 1.65. The van der Waals surface area contributed by atoms with Crippen LogP contribution in [0.4, 0.5) is 10.5 Å². The molecule has 0 atom stereocenters. The second-order valence-corrected chi connectivity index (χ2v) is 9.82. The van der Waals surface area contributed by atoms with Gasteiger partial charge in [-0.3, -0.25) is 9.59 Å². The molecule has 0 unspecified atom stereocenters. The van der Waals surface area contributed by atoms with Gasteiger partial charge in [0.05, 0.1) is 25.5 Å². The molecule has 2 aromatic rings. The third-order valence-corrected chi connectivity index (χ3v) is 7.08. The van der Waals surface area contributed by atoms with E-state index in [0.717, 1.165) is 54.0 Å². The van der Waals surface area contributed by atoms with Gasteiger partial charge in [0.15, 0.2) is 11.5 Å². The minimum absolute atomic E-state index is 0.0206. The number of carbonyl (C=O) groups is 2. The molecule has 0 bridgehead atoms. The number of methoxy groups -OCH3 is 1. The van der Waals surface area contributed by atoms with Crippen molar-refractivity contribution in [3.05, 3.63) is 53.6 Å². The number of nitrogens with one attached hydrogen (secondary N) is 1. The average molecular weight is 496 g/mol. The Morgan fingerprint density at radius 2 is 1.91 bits per heavy atom. The molecule has 2 aromatic carbocycles. The van der Waals surface area contributed by atoms with Crippen molar-refractivity contribution in [1.29, 1.82) is 0 Å². The summed E-state index contributed by atoms with van der Waals surface area (Å²) >= 11 is 1.24. The molecule has 1 fully saturated rings. The van der Waals surface area contributed by atoms with Crippen LogP contribution in [0.25, 0.3) is 0 Å². The van der Waals surface area contributed by atoms with Crippen LogP contribution in [0.2, 0.25) is 0 Å². The number of amides is 2. The summed E-state index contributed by atoms with van der Waals surface area (Å²) in [6.07, 6.45) is 7.12. The predicted molar refractivity (Wildman–Crippen MR) is 140 cm³/mol. The van der Waals surface area contributed by atoms with Crippen LogP contribution in [0.5, 0.6) is 11.5 Å². The van der Waals surface area contributed by atoms with Crippen LogP contribution < -0.4 is 14.8 Å². The van der Waals surface area contributed by atoms with Crippen LogP contribution in [-0.2, 0) is 11.3 Å². The Hall–Kier alpha value is -3.00. The maximum Gasteiger partial charge on any atom is 0.302 e. The topological polar surface area (TPSA) is 80.2 Å². The van der Waals surface area contributed by atoms with Crippen molar-refractivity contribution in [3.8, 4) is 11.5 Å². The summed E-state index contributed by atoms with van der Waals surface area (Å²) in [6.45, 7) is 2.43. The quantitative estimate of drug-likeness (QED) is 0.423. The first-order chi connectivity index (χ1) is 17.1. The van der Waals surface area contributed by atoms with Crippen LogP contribution in [0.1, 0.15) is 63.0 Å². The van der Waals surface area contributed by atoms with E-state index >= 15 is 0 Å². The summed E-state index contributed by atoms with van der Waals surface area (Å²) in [4.78, 5) is 24.5. The van der Waals surface area contributed by atoms with Crippen LogP contribution in [0.3, 0.4) is 0 Å². The van der Waals surface area contributed by atoms with Crippen molar-refractivity contribution in [1.82, 2.24) is 5.01 Å². The number of benzene rings is 2. The lowest BCUT2D eigenvalue weighted by Crippen LogP contribution is -2.29. The van der Waals surface area contributed by atoms with Crippen molar-refractivity contribution in [2.75, 3.05) is 18.2 Å². The Labute approximate surface area is 211 Å². The largest absolute Gasteiger partial charge is 0.493 e. The van der Waals surface area contributed by atoms with E-state index < -0.39 is 0 Å². The molecule has 2 amide bonds. The second-order valence-electron chi connectivity index (χ2n) is 8.90. The summed E-state index contributed by atoms with van der Waals surface area (Å²) in [5.41, 5.74) is 3.45. The maximum absolute atomic E-state index is 12.6. The molecule has 0 radical (unpaired) electrons. The molecule has 7 nitrogen and oxygen atoms in total. The highest BCUT2D eigenvalue weighted by atomic mass is 32.2. The number of unbranched alkanes of at least 4 members (excludes halogenated alkanes) is 1. The smallest absolute Gasteiger partial charge is 0.302 e. The minimum atomic E-state index is -0.0818. The monoisotopic (exact) mass is 495 g/mol. The number of carbonyl (C=O) groups excluding carboxylic acids is 2. The molecule has 8 heteroatoms. The maximum atomic E-state index is 12.6. The van der Waals surface area contributed by atoms with E-state index in [0.29, 0.717) is 24.5 Å². The van der Waals surface area contributed by atoms with Gasteiger partial charge >= 0.3 is 5.24 Å². The van der Waals surface area contributed by atoms with E-state index in [9.17, 15) is 9.59 Å². The molecule has 1 N–H and O–H groups in total. The Bertz CT molecular complexity index is 1060. The molecule has 0 aromatic heterocycles. The third-order valence-electron chi connectivity index (χ3n) is 6.20. The van der Waals surface area contributed by atoms with Gasteiger partial charge in [0.25, 0.3) is 0 Å². The number of hydrazone groups is 1. The third kappa shape index (κ3) is 6.78. The highest BCUT2D eigenvalue weighted by molar-refractivity contribution is 8.14.